The second-order valence-corrected chi connectivity index (χ2v) is 4.96. The third kappa shape index (κ3) is 6.83. The average Bonchev–Trinajstić information content (AvgIpc) is 2.50. The Morgan fingerprint density at radius 2 is 2.08 bits per heavy atom. The third-order valence-corrected chi connectivity index (χ3v) is 4.53. The van der Waals surface area contributed by atoms with Gasteiger partial charge in [-0.05, 0) is 17.7 Å². The molecule has 1 unspecified atom stereocenters. The number of hydrogen-bond acceptors (Lipinski definition) is 3. The fourth-order valence-corrected chi connectivity index (χ4v) is 3.61. The van der Waals surface area contributed by atoms with Crippen LogP contribution >= 0.6 is 21.6 Å². The van der Waals surface area contributed by atoms with Crippen molar-refractivity contribution in [2.24, 2.45) is 0 Å². The van der Waals surface area contributed by atoms with Crippen LogP contribution in [0, 0.1) is 0 Å². The van der Waals surface area contributed by atoms with Crippen LogP contribution in [0.5, 0.6) is 0 Å². The minimum absolute atomic E-state index is 0.796. The van der Waals surface area contributed by atoms with Crippen LogP contribution in [-0.2, 0) is 0 Å². The van der Waals surface area contributed by atoms with Gasteiger partial charge in [0.25, 0.3) is 0 Å². The summed E-state index contributed by atoms with van der Waals surface area (Å²) in [5.74, 6) is 0. The molecule has 0 bridgehead atoms. The lowest BCUT2D eigenvalue weighted by Gasteiger charge is -1.96. The topological polar surface area (TPSA) is 57.5 Å². The molecule has 1 atom stereocenters. The molecular formula is C8H14O3S2. The minimum Gasteiger partial charge on any atom is -0.450 e. The van der Waals surface area contributed by atoms with Crippen molar-refractivity contribution in [2.75, 3.05) is 0 Å². The zero-order chi connectivity index (χ0) is 10.3. The van der Waals surface area contributed by atoms with Crippen LogP contribution in [0.25, 0.3) is 0 Å². The first-order chi connectivity index (χ1) is 6.10. The zero-order valence-electron chi connectivity index (χ0n) is 7.69. The standard InChI is InChI=1S/C7H12S2.CH2O3/c1-3-6-5-7(4-2)9-8-6;2-1(3)4/h5-6H,3-4H2,1-2H3;(H2,2,3,4). The molecule has 2 N–H and O–H groups in total. The monoisotopic (exact) mass is 222 g/mol. The predicted molar refractivity (Wildman–Crippen MR) is 58.3 cm³/mol. The summed E-state index contributed by atoms with van der Waals surface area (Å²) in [7, 11) is 3.95. The highest BCUT2D eigenvalue weighted by atomic mass is 33.1. The Morgan fingerprint density at radius 3 is 2.31 bits per heavy atom. The second kappa shape index (κ2) is 7.15. The molecule has 0 aromatic carbocycles. The Balaban J connectivity index is 0.000000310. The van der Waals surface area contributed by atoms with Gasteiger partial charge in [0.15, 0.2) is 0 Å². The van der Waals surface area contributed by atoms with E-state index in [1.54, 1.807) is 4.91 Å². The van der Waals surface area contributed by atoms with E-state index in [2.05, 4.69) is 19.9 Å². The summed E-state index contributed by atoms with van der Waals surface area (Å²) in [4.78, 5) is 10.1. The van der Waals surface area contributed by atoms with Gasteiger partial charge in [0, 0.05) is 5.25 Å². The van der Waals surface area contributed by atoms with Crippen molar-refractivity contribution in [3.05, 3.63) is 11.0 Å². The van der Waals surface area contributed by atoms with Crippen molar-refractivity contribution < 1.29 is 15.0 Å². The highest BCUT2D eigenvalue weighted by Gasteiger charge is 2.13. The highest BCUT2D eigenvalue weighted by Crippen LogP contribution is 2.44. The van der Waals surface area contributed by atoms with E-state index in [4.69, 9.17) is 15.0 Å². The van der Waals surface area contributed by atoms with Gasteiger partial charge in [0.1, 0.15) is 0 Å². The van der Waals surface area contributed by atoms with Gasteiger partial charge in [-0.3, -0.25) is 0 Å². The smallest absolute Gasteiger partial charge is 0.450 e. The van der Waals surface area contributed by atoms with Gasteiger partial charge in [0.2, 0.25) is 0 Å². The van der Waals surface area contributed by atoms with Gasteiger partial charge in [-0.1, -0.05) is 41.5 Å². The third-order valence-electron chi connectivity index (χ3n) is 1.40. The first-order valence-corrected chi connectivity index (χ1v) is 6.27. The molecule has 0 saturated heterocycles. The number of allylic oxidation sites excluding steroid dienone is 1. The Hall–Kier alpha value is -0.290. The van der Waals surface area contributed by atoms with Gasteiger partial charge < -0.3 is 10.2 Å². The molecule has 13 heavy (non-hydrogen) atoms. The lowest BCUT2D eigenvalue weighted by Crippen LogP contribution is -1.87. The predicted octanol–water partition coefficient (Wildman–Crippen LogP) is 3.68. The van der Waals surface area contributed by atoms with E-state index in [9.17, 15) is 0 Å². The summed E-state index contributed by atoms with van der Waals surface area (Å²) in [5, 5.41) is 14.7. The van der Waals surface area contributed by atoms with Crippen molar-refractivity contribution in [1.29, 1.82) is 0 Å². The molecule has 76 valence electrons. The molecular weight excluding hydrogens is 208 g/mol. The number of carbonyl (C=O) groups is 1. The SMILES string of the molecule is CCC1=CC(CC)SS1.O=C(O)O. The summed E-state index contributed by atoms with van der Waals surface area (Å²) in [6.45, 7) is 4.46. The largest absolute Gasteiger partial charge is 0.503 e. The van der Waals surface area contributed by atoms with Gasteiger partial charge in [0.05, 0.1) is 0 Å². The molecule has 0 amide bonds. The van der Waals surface area contributed by atoms with Gasteiger partial charge in [-0.15, -0.1) is 0 Å². The number of rotatable bonds is 2. The maximum Gasteiger partial charge on any atom is 0.503 e. The maximum absolute atomic E-state index is 8.56. The molecule has 0 spiro atoms. The molecule has 1 rings (SSSR count). The summed E-state index contributed by atoms with van der Waals surface area (Å²) >= 11 is 0. The normalized spacial score (nSPS) is 20.2. The molecule has 1 aliphatic rings. The molecule has 0 aromatic rings. The van der Waals surface area contributed by atoms with E-state index in [0.29, 0.717) is 0 Å². The van der Waals surface area contributed by atoms with Crippen LogP contribution in [0.2, 0.25) is 0 Å². The van der Waals surface area contributed by atoms with E-state index in [1.807, 2.05) is 21.6 Å². The summed E-state index contributed by atoms with van der Waals surface area (Å²) in [5.41, 5.74) is 0. The van der Waals surface area contributed by atoms with E-state index in [0.717, 1.165) is 5.25 Å². The molecule has 1 heterocycles. The van der Waals surface area contributed by atoms with Crippen LogP contribution in [-0.4, -0.2) is 21.6 Å². The van der Waals surface area contributed by atoms with Crippen molar-refractivity contribution in [2.45, 2.75) is 31.9 Å². The molecule has 0 radical (unpaired) electrons. The maximum atomic E-state index is 8.56. The number of hydrogen-bond donors (Lipinski definition) is 2. The molecule has 0 fully saturated rings. The van der Waals surface area contributed by atoms with Crippen LogP contribution < -0.4 is 0 Å². The highest BCUT2D eigenvalue weighted by molar-refractivity contribution is 8.78. The van der Waals surface area contributed by atoms with E-state index >= 15 is 0 Å². The summed E-state index contributed by atoms with van der Waals surface area (Å²) in [6, 6.07) is 0. The second-order valence-electron chi connectivity index (χ2n) is 2.40. The van der Waals surface area contributed by atoms with Gasteiger partial charge >= 0.3 is 6.16 Å². The Kier molecular flexibility index (Phi) is 6.99. The van der Waals surface area contributed by atoms with Crippen molar-refractivity contribution in [3.63, 3.8) is 0 Å². The van der Waals surface area contributed by atoms with E-state index < -0.39 is 6.16 Å². The Morgan fingerprint density at radius 1 is 1.54 bits per heavy atom. The average molecular weight is 222 g/mol. The first kappa shape index (κ1) is 12.7. The Labute approximate surface area is 86.0 Å². The van der Waals surface area contributed by atoms with E-state index in [-0.39, 0.29) is 0 Å². The summed E-state index contributed by atoms with van der Waals surface area (Å²) < 4.78 is 0. The van der Waals surface area contributed by atoms with Crippen LogP contribution in [0.3, 0.4) is 0 Å². The van der Waals surface area contributed by atoms with Crippen molar-refractivity contribution >= 4 is 27.7 Å². The molecule has 0 saturated carbocycles. The lowest BCUT2D eigenvalue weighted by molar-refractivity contribution is 0.137. The quantitative estimate of drug-likeness (QED) is 0.698. The molecule has 0 aliphatic carbocycles. The van der Waals surface area contributed by atoms with E-state index in [1.165, 1.54) is 12.8 Å². The zero-order valence-corrected chi connectivity index (χ0v) is 9.32. The van der Waals surface area contributed by atoms with Crippen molar-refractivity contribution in [3.8, 4) is 0 Å². The van der Waals surface area contributed by atoms with Crippen LogP contribution in [0.15, 0.2) is 11.0 Å². The molecule has 1 aliphatic heterocycles. The molecule has 5 heteroatoms. The first-order valence-electron chi connectivity index (χ1n) is 4.06. The van der Waals surface area contributed by atoms with Crippen molar-refractivity contribution in [1.82, 2.24) is 0 Å². The molecule has 3 nitrogen and oxygen atoms in total. The molecule has 0 aromatic heterocycles. The van der Waals surface area contributed by atoms with Gasteiger partial charge in [-0.2, -0.15) is 0 Å². The fraction of sp³-hybridized carbons (Fsp3) is 0.625. The van der Waals surface area contributed by atoms with Crippen LogP contribution in [0.1, 0.15) is 26.7 Å². The lowest BCUT2D eigenvalue weighted by atomic mass is 10.3. The van der Waals surface area contributed by atoms with Crippen LogP contribution in [0.4, 0.5) is 4.79 Å². The Bertz CT molecular complexity index is 188. The number of carboxylic acid groups (broad SMARTS) is 2. The van der Waals surface area contributed by atoms with Gasteiger partial charge in [-0.25, -0.2) is 4.79 Å². The fourth-order valence-electron chi connectivity index (χ4n) is 0.749. The minimum atomic E-state index is -1.83. The summed E-state index contributed by atoms with van der Waals surface area (Å²) in [6.07, 6.45) is 3.06.